The van der Waals surface area contributed by atoms with Crippen LogP contribution < -0.4 is 5.32 Å². The van der Waals surface area contributed by atoms with Crippen molar-refractivity contribution in [2.24, 2.45) is 7.05 Å². The van der Waals surface area contributed by atoms with E-state index in [9.17, 15) is 13.2 Å². The number of rotatable bonds is 5. The summed E-state index contributed by atoms with van der Waals surface area (Å²) in [6, 6.07) is 1.65. The number of nitrogens with one attached hydrogen (secondary N) is 1. The normalized spacial score (nSPS) is 12.7. The van der Waals surface area contributed by atoms with Gasteiger partial charge in [-0.3, -0.25) is 4.68 Å². The molecule has 0 aliphatic heterocycles. The second-order valence-electron chi connectivity index (χ2n) is 4.96. The van der Waals surface area contributed by atoms with Gasteiger partial charge in [-0.1, -0.05) is 13.0 Å². The average molecular weight is 297 g/mol. The zero-order chi connectivity index (χ0) is 15.6. The van der Waals surface area contributed by atoms with Crippen LogP contribution in [0.3, 0.4) is 0 Å². The minimum atomic E-state index is -1.45. The van der Waals surface area contributed by atoms with Gasteiger partial charge in [0.1, 0.15) is 0 Å². The van der Waals surface area contributed by atoms with Gasteiger partial charge in [0.15, 0.2) is 17.5 Å². The Morgan fingerprint density at radius 2 is 1.90 bits per heavy atom. The van der Waals surface area contributed by atoms with Crippen LogP contribution in [0.5, 0.6) is 0 Å². The molecule has 21 heavy (non-hydrogen) atoms. The molecular weight excluding hydrogens is 279 g/mol. The summed E-state index contributed by atoms with van der Waals surface area (Å²) in [6.45, 7) is 4.44. The highest BCUT2D eigenvalue weighted by atomic mass is 19.2. The van der Waals surface area contributed by atoms with Gasteiger partial charge in [-0.15, -0.1) is 0 Å². The van der Waals surface area contributed by atoms with Crippen LogP contribution in [0.1, 0.15) is 36.2 Å². The van der Waals surface area contributed by atoms with Crippen LogP contribution in [0.4, 0.5) is 13.2 Å². The maximum atomic E-state index is 14.1. The Bertz CT molecular complexity index is 637. The number of aryl methyl sites for hydroxylation is 1. The first-order chi connectivity index (χ1) is 9.97. The second kappa shape index (κ2) is 6.30. The van der Waals surface area contributed by atoms with Gasteiger partial charge in [0, 0.05) is 23.9 Å². The van der Waals surface area contributed by atoms with E-state index in [0.29, 0.717) is 6.54 Å². The highest BCUT2D eigenvalue weighted by Crippen LogP contribution is 2.28. The van der Waals surface area contributed by atoms with Gasteiger partial charge >= 0.3 is 0 Å². The van der Waals surface area contributed by atoms with Crippen molar-refractivity contribution in [2.45, 2.75) is 26.3 Å². The number of aromatic nitrogens is 2. The summed E-state index contributed by atoms with van der Waals surface area (Å²) in [4.78, 5) is 0. The largest absolute Gasteiger partial charge is 0.306 e. The van der Waals surface area contributed by atoms with Gasteiger partial charge < -0.3 is 5.32 Å². The van der Waals surface area contributed by atoms with Crippen molar-refractivity contribution in [1.82, 2.24) is 15.1 Å². The van der Waals surface area contributed by atoms with Crippen LogP contribution in [0.25, 0.3) is 0 Å². The van der Waals surface area contributed by atoms with Crippen molar-refractivity contribution in [3.63, 3.8) is 0 Å². The average Bonchev–Trinajstić information content (AvgIpc) is 2.79. The van der Waals surface area contributed by atoms with Crippen LogP contribution in [-0.4, -0.2) is 16.3 Å². The molecule has 0 radical (unpaired) electrons. The third-order valence-electron chi connectivity index (χ3n) is 3.56. The van der Waals surface area contributed by atoms with Gasteiger partial charge in [0.25, 0.3) is 0 Å². The maximum Gasteiger partial charge on any atom is 0.194 e. The Morgan fingerprint density at radius 1 is 1.19 bits per heavy atom. The molecule has 1 aromatic carbocycles. The van der Waals surface area contributed by atoms with Crippen LogP contribution in [0, 0.1) is 24.4 Å². The SMILES string of the molecule is CCCNC(c1ccc(F)c(F)c1F)c1cnn(C)c1C. The van der Waals surface area contributed by atoms with E-state index in [1.165, 1.54) is 6.07 Å². The number of nitrogens with zero attached hydrogens (tertiary/aromatic N) is 2. The highest BCUT2D eigenvalue weighted by molar-refractivity contribution is 5.34. The second-order valence-corrected chi connectivity index (χ2v) is 4.96. The first-order valence-electron chi connectivity index (χ1n) is 6.82. The van der Waals surface area contributed by atoms with Crippen LogP contribution in [0.15, 0.2) is 18.3 Å². The summed E-state index contributed by atoms with van der Waals surface area (Å²) in [5.41, 5.74) is 1.67. The van der Waals surface area contributed by atoms with E-state index < -0.39 is 23.5 Å². The molecule has 1 aromatic heterocycles. The summed E-state index contributed by atoms with van der Waals surface area (Å²) in [5.74, 6) is -3.79. The smallest absolute Gasteiger partial charge is 0.194 e. The molecule has 2 rings (SSSR count). The molecule has 1 atom stereocenters. The van der Waals surface area contributed by atoms with Crippen molar-refractivity contribution < 1.29 is 13.2 Å². The highest BCUT2D eigenvalue weighted by Gasteiger charge is 2.24. The van der Waals surface area contributed by atoms with Crippen molar-refractivity contribution in [3.8, 4) is 0 Å². The third-order valence-corrected chi connectivity index (χ3v) is 3.56. The first kappa shape index (κ1) is 15.6. The van der Waals surface area contributed by atoms with E-state index in [4.69, 9.17) is 0 Å². The number of hydrogen-bond donors (Lipinski definition) is 1. The molecule has 3 nitrogen and oxygen atoms in total. The third kappa shape index (κ3) is 2.95. The summed E-state index contributed by atoms with van der Waals surface area (Å²) >= 11 is 0. The van der Waals surface area contributed by atoms with Crippen LogP contribution in [-0.2, 0) is 7.05 Å². The predicted octanol–water partition coefficient (Wildman–Crippen LogP) is 3.23. The van der Waals surface area contributed by atoms with Crippen molar-refractivity contribution in [1.29, 1.82) is 0 Å². The Morgan fingerprint density at radius 3 is 2.48 bits per heavy atom. The van der Waals surface area contributed by atoms with Gasteiger partial charge in [0.05, 0.1) is 12.2 Å². The summed E-state index contributed by atoms with van der Waals surface area (Å²) < 4.78 is 42.3. The van der Waals surface area contributed by atoms with E-state index in [-0.39, 0.29) is 5.56 Å². The van der Waals surface area contributed by atoms with E-state index in [1.54, 1.807) is 17.9 Å². The van der Waals surface area contributed by atoms with Crippen LogP contribution >= 0.6 is 0 Å². The van der Waals surface area contributed by atoms with E-state index in [2.05, 4.69) is 10.4 Å². The summed E-state index contributed by atoms with van der Waals surface area (Å²) in [7, 11) is 1.78. The molecule has 1 unspecified atom stereocenters. The molecular formula is C15H18F3N3. The lowest BCUT2D eigenvalue weighted by atomic mass is 9.98. The van der Waals surface area contributed by atoms with Gasteiger partial charge in [-0.25, -0.2) is 13.2 Å². The molecule has 1 heterocycles. The van der Waals surface area contributed by atoms with Crippen molar-refractivity contribution in [3.05, 3.63) is 52.6 Å². The standard InChI is InChI=1S/C15H18F3N3/c1-4-7-19-15(11-8-20-21(3)9(11)2)10-5-6-12(16)14(18)13(10)17/h5-6,8,15,19H,4,7H2,1-3H3. The molecule has 0 aliphatic carbocycles. The molecule has 0 saturated carbocycles. The number of halogens is 3. The fourth-order valence-corrected chi connectivity index (χ4v) is 2.24. The quantitative estimate of drug-likeness (QED) is 0.859. The molecule has 0 amide bonds. The summed E-state index contributed by atoms with van der Waals surface area (Å²) in [5, 5.41) is 7.29. The Kier molecular flexibility index (Phi) is 4.67. The zero-order valence-corrected chi connectivity index (χ0v) is 12.3. The number of hydrogen-bond acceptors (Lipinski definition) is 2. The summed E-state index contributed by atoms with van der Waals surface area (Å²) in [6.07, 6.45) is 2.45. The predicted molar refractivity (Wildman–Crippen MR) is 74.4 cm³/mol. The van der Waals surface area contributed by atoms with Gasteiger partial charge in [-0.05, 0) is 26.0 Å². The first-order valence-corrected chi connectivity index (χ1v) is 6.82. The van der Waals surface area contributed by atoms with E-state index in [1.807, 2.05) is 13.8 Å². The molecule has 1 N–H and O–H groups in total. The zero-order valence-electron chi connectivity index (χ0n) is 12.3. The van der Waals surface area contributed by atoms with Crippen LogP contribution in [0.2, 0.25) is 0 Å². The Hall–Kier alpha value is -1.82. The lowest BCUT2D eigenvalue weighted by molar-refractivity contribution is 0.432. The van der Waals surface area contributed by atoms with Crippen molar-refractivity contribution >= 4 is 0 Å². The maximum absolute atomic E-state index is 14.1. The van der Waals surface area contributed by atoms with Gasteiger partial charge in [0.2, 0.25) is 0 Å². The monoisotopic (exact) mass is 297 g/mol. The molecule has 114 valence electrons. The lowest BCUT2D eigenvalue weighted by Crippen LogP contribution is -2.25. The van der Waals surface area contributed by atoms with E-state index >= 15 is 0 Å². The fraction of sp³-hybridized carbons (Fsp3) is 0.400. The Balaban J connectivity index is 2.51. The molecule has 6 heteroatoms. The molecule has 0 aliphatic rings. The molecule has 0 saturated heterocycles. The fourth-order valence-electron chi connectivity index (χ4n) is 2.24. The molecule has 2 aromatic rings. The molecule has 0 spiro atoms. The minimum absolute atomic E-state index is 0.0819. The van der Waals surface area contributed by atoms with Crippen molar-refractivity contribution in [2.75, 3.05) is 6.54 Å². The topological polar surface area (TPSA) is 29.9 Å². The number of benzene rings is 1. The minimum Gasteiger partial charge on any atom is -0.306 e. The lowest BCUT2D eigenvalue weighted by Gasteiger charge is -2.20. The van der Waals surface area contributed by atoms with E-state index in [0.717, 1.165) is 23.7 Å². The van der Waals surface area contributed by atoms with Gasteiger partial charge in [-0.2, -0.15) is 5.10 Å². The molecule has 0 fully saturated rings. The molecule has 0 bridgehead atoms. The Labute approximate surface area is 121 Å².